The minimum atomic E-state index is -0.845. The molecule has 1 aromatic heterocycles. The highest BCUT2D eigenvalue weighted by Crippen LogP contribution is 2.38. The van der Waals surface area contributed by atoms with Crippen LogP contribution in [0.1, 0.15) is 58.7 Å². The first-order chi connectivity index (χ1) is 12.5. The fourth-order valence-corrected chi connectivity index (χ4v) is 4.35. The Bertz CT molecular complexity index is 726. The third-order valence-corrected chi connectivity index (χ3v) is 5.93. The Balaban J connectivity index is 1.99. The minimum Gasteiger partial charge on any atom is -0.465 e. The van der Waals surface area contributed by atoms with Crippen LogP contribution in [0.25, 0.3) is 0 Å². The largest absolute Gasteiger partial charge is 0.465 e. The average Bonchev–Trinajstić information content (AvgIpc) is 2.75. The van der Waals surface area contributed by atoms with Gasteiger partial charge in [0, 0.05) is 25.2 Å². The number of rotatable bonds is 1. The quantitative estimate of drug-likeness (QED) is 0.783. The minimum absolute atomic E-state index is 0.107. The fourth-order valence-electron chi connectivity index (χ4n) is 4.35. The third-order valence-electron chi connectivity index (χ3n) is 5.93. The first-order valence-corrected chi connectivity index (χ1v) is 9.88. The highest BCUT2D eigenvalue weighted by atomic mass is 16.4. The Hall–Kier alpha value is -2.05. The molecule has 1 aliphatic carbocycles. The molecule has 1 saturated heterocycles. The fraction of sp³-hybridized carbons (Fsp3) is 0.750. The van der Waals surface area contributed by atoms with E-state index in [0.29, 0.717) is 19.0 Å². The summed E-state index contributed by atoms with van der Waals surface area (Å²) >= 11 is 0. The topological polar surface area (TPSA) is 95.6 Å². The number of anilines is 2. The number of amides is 1. The van der Waals surface area contributed by atoms with Gasteiger partial charge in [-0.1, -0.05) is 34.6 Å². The van der Waals surface area contributed by atoms with Crippen LogP contribution in [-0.2, 0) is 12.8 Å². The van der Waals surface area contributed by atoms with E-state index in [9.17, 15) is 9.90 Å². The maximum Gasteiger partial charge on any atom is 0.407 e. The van der Waals surface area contributed by atoms with Gasteiger partial charge in [-0.25, -0.2) is 9.78 Å². The summed E-state index contributed by atoms with van der Waals surface area (Å²) in [6.07, 6.45) is 2.88. The van der Waals surface area contributed by atoms with Crippen molar-refractivity contribution in [3.63, 3.8) is 0 Å². The monoisotopic (exact) mass is 375 g/mol. The van der Waals surface area contributed by atoms with Gasteiger partial charge in [0.25, 0.3) is 0 Å². The van der Waals surface area contributed by atoms with E-state index in [1.807, 2.05) is 0 Å². The molecule has 7 heteroatoms. The molecule has 1 amide bonds. The number of nitrogens with two attached hydrogens (primary N) is 1. The molecule has 0 radical (unpaired) electrons. The SMILES string of the molecule is CC1(C)CCc2c(nc(N)nc2N2CCCN(C(=O)O)C(C(C)(C)C)C2)C1. The lowest BCUT2D eigenvalue weighted by Crippen LogP contribution is -2.51. The van der Waals surface area contributed by atoms with Gasteiger partial charge >= 0.3 is 6.09 Å². The summed E-state index contributed by atoms with van der Waals surface area (Å²) in [5.41, 5.74) is 8.36. The lowest BCUT2D eigenvalue weighted by atomic mass is 9.76. The normalized spacial score (nSPS) is 22.9. The van der Waals surface area contributed by atoms with Crippen molar-refractivity contribution in [3.8, 4) is 0 Å². The highest BCUT2D eigenvalue weighted by molar-refractivity contribution is 5.66. The molecule has 7 nitrogen and oxygen atoms in total. The Morgan fingerprint density at radius 3 is 2.59 bits per heavy atom. The smallest absolute Gasteiger partial charge is 0.407 e. The van der Waals surface area contributed by atoms with E-state index in [-0.39, 0.29) is 16.9 Å². The summed E-state index contributed by atoms with van der Waals surface area (Å²) in [5.74, 6) is 1.22. The highest BCUT2D eigenvalue weighted by Gasteiger charge is 2.38. The van der Waals surface area contributed by atoms with Crippen molar-refractivity contribution >= 4 is 17.9 Å². The van der Waals surface area contributed by atoms with E-state index in [2.05, 4.69) is 49.5 Å². The Morgan fingerprint density at radius 2 is 1.96 bits per heavy atom. The number of hydrogen-bond donors (Lipinski definition) is 2. The number of carbonyl (C=O) groups is 1. The first kappa shape index (κ1) is 19.7. The summed E-state index contributed by atoms with van der Waals surface area (Å²) in [6, 6.07) is -0.107. The molecular weight excluding hydrogens is 342 g/mol. The number of aromatic nitrogens is 2. The summed E-state index contributed by atoms with van der Waals surface area (Å²) in [4.78, 5) is 24.8. The molecule has 3 N–H and O–H groups in total. The van der Waals surface area contributed by atoms with Crippen LogP contribution < -0.4 is 10.6 Å². The second-order valence-corrected chi connectivity index (χ2v) is 9.83. The van der Waals surface area contributed by atoms with Crippen LogP contribution in [0.5, 0.6) is 0 Å². The Kier molecular flexibility index (Phi) is 4.99. The Labute approximate surface area is 162 Å². The summed E-state index contributed by atoms with van der Waals surface area (Å²) < 4.78 is 0. The number of nitrogens with zero attached hydrogens (tertiary/aromatic N) is 4. The van der Waals surface area contributed by atoms with E-state index >= 15 is 0 Å². The molecule has 1 atom stereocenters. The van der Waals surface area contributed by atoms with Crippen LogP contribution in [-0.4, -0.2) is 51.7 Å². The molecule has 1 aromatic rings. The maximum atomic E-state index is 11.8. The van der Waals surface area contributed by atoms with Crippen molar-refractivity contribution in [2.24, 2.45) is 10.8 Å². The second-order valence-electron chi connectivity index (χ2n) is 9.83. The zero-order chi connectivity index (χ0) is 20.0. The van der Waals surface area contributed by atoms with Gasteiger partial charge in [0.15, 0.2) is 0 Å². The van der Waals surface area contributed by atoms with Crippen molar-refractivity contribution < 1.29 is 9.90 Å². The number of fused-ring (bicyclic) bond motifs is 1. The summed E-state index contributed by atoms with van der Waals surface area (Å²) in [7, 11) is 0. The molecule has 27 heavy (non-hydrogen) atoms. The zero-order valence-electron chi connectivity index (χ0n) is 17.2. The zero-order valence-corrected chi connectivity index (χ0v) is 17.2. The van der Waals surface area contributed by atoms with Gasteiger partial charge in [-0.2, -0.15) is 4.98 Å². The molecule has 1 aliphatic heterocycles. The van der Waals surface area contributed by atoms with Gasteiger partial charge < -0.3 is 20.6 Å². The lowest BCUT2D eigenvalue weighted by Gasteiger charge is -2.40. The number of hydrogen-bond acceptors (Lipinski definition) is 5. The van der Waals surface area contributed by atoms with Crippen LogP contribution in [0.15, 0.2) is 0 Å². The van der Waals surface area contributed by atoms with E-state index in [1.165, 1.54) is 5.56 Å². The van der Waals surface area contributed by atoms with Crippen molar-refractivity contribution in [1.29, 1.82) is 0 Å². The molecule has 1 unspecified atom stereocenters. The van der Waals surface area contributed by atoms with Gasteiger partial charge in [-0.05, 0) is 36.5 Å². The van der Waals surface area contributed by atoms with Crippen LogP contribution in [0.2, 0.25) is 0 Å². The molecular formula is C20H33N5O2. The van der Waals surface area contributed by atoms with E-state index in [4.69, 9.17) is 5.73 Å². The van der Waals surface area contributed by atoms with Gasteiger partial charge in [0.05, 0.1) is 11.7 Å². The lowest BCUT2D eigenvalue weighted by molar-refractivity contribution is 0.0902. The van der Waals surface area contributed by atoms with Crippen molar-refractivity contribution in [1.82, 2.24) is 14.9 Å². The molecule has 3 rings (SSSR count). The molecule has 0 bridgehead atoms. The third kappa shape index (κ3) is 4.12. The van der Waals surface area contributed by atoms with E-state index in [1.54, 1.807) is 4.90 Å². The summed E-state index contributed by atoms with van der Waals surface area (Å²) in [6.45, 7) is 12.8. The van der Waals surface area contributed by atoms with Crippen molar-refractivity contribution in [2.75, 3.05) is 30.3 Å². The van der Waals surface area contributed by atoms with Gasteiger partial charge in [-0.3, -0.25) is 0 Å². The van der Waals surface area contributed by atoms with E-state index < -0.39 is 6.09 Å². The van der Waals surface area contributed by atoms with Crippen LogP contribution in [0.4, 0.5) is 16.6 Å². The van der Waals surface area contributed by atoms with Crippen LogP contribution in [0, 0.1) is 10.8 Å². The summed E-state index contributed by atoms with van der Waals surface area (Å²) in [5, 5.41) is 9.71. The molecule has 150 valence electrons. The maximum absolute atomic E-state index is 11.8. The average molecular weight is 376 g/mol. The van der Waals surface area contributed by atoms with Crippen LogP contribution >= 0.6 is 0 Å². The molecule has 0 saturated carbocycles. The predicted molar refractivity (Wildman–Crippen MR) is 107 cm³/mol. The molecule has 2 heterocycles. The van der Waals surface area contributed by atoms with Gasteiger partial charge in [0.2, 0.25) is 5.95 Å². The second kappa shape index (κ2) is 6.84. The molecule has 0 aromatic carbocycles. The van der Waals surface area contributed by atoms with Gasteiger partial charge in [0.1, 0.15) is 5.82 Å². The van der Waals surface area contributed by atoms with Crippen molar-refractivity contribution in [3.05, 3.63) is 11.3 Å². The standard InChI is InChI=1S/C20H33N5O2/c1-19(2,3)15-12-24(9-6-10-25(15)18(26)27)16-13-7-8-20(4,5)11-14(13)22-17(21)23-16/h15H,6-12H2,1-5H3,(H,26,27)(H2,21,22,23). The molecule has 1 fully saturated rings. The van der Waals surface area contributed by atoms with E-state index in [0.717, 1.165) is 43.7 Å². The first-order valence-electron chi connectivity index (χ1n) is 9.88. The Morgan fingerprint density at radius 1 is 1.26 bits per heavy atom. The van der Waals surface area contributed by atoms with Gasteiger partial charge in [-0.15, -0.1) is 0 Å². The molecule has 0 spiro atoms. The predicted octanol–water partition coefficient (Wildman–Crippen LogP) is 3.18. The number of nitrogen functional groups attached to an aromatic ring is 1. The molecule has 2 aliphatic rings. The van der Waals surface area contributed by atoms with Crippen LogP contribution in [0.3, 0.4) is 0 Å². The number of carboxylic acid groups (broad SMARTS) is 1. The van der Waals surface area contributed by atoms with Crippen molar-refractivity contribution in [2.45, 2.75) is 66.3 Å².